The Kier molecular flexibility index (Phi) is 4.59. The number of nitrogens with zero attached hydrogens (tertiary/aromatic N) is 2. The van der Waals surface area contributed by atoms with Crippen molar-refractivity contribution in [3.05, 3.63) is 83.1 Å². The second-order valence-corrected chi connectivity index (χ2v) is 6.66. The van der Waals surface area contributed by atoms with Gasteiger partial charge in [0, 0.05) is 18.4 Å². The smallest absolute Gasteiger partial charge is 0.257 e. The molecule has 1 N–H and O–H groups in total. The lowest BCUT2D eigenvalue weighted by atomic mass is 10.0. The van der Waals surface area contributed by atoms with Crippen LogP contribution in [0, 0.1) is 0 Å². The van der Waals surface area contributed by atoms with E-state index in [1.807, 2.05) is 24.3 Å². The minimum atomic E-state index is -0.224. The third-order valence-corrected chi connectivity index (χ3v) is 4.86. The van der Waals surface area contributed by atoms with Gasteiger partial charge < -0.3 is 10.2 Å². The molecule has 1 amide bonds. The maximum atomic E-state index is 12.6. The predicted octanol–water partition coefficient (Wildman–Crippen LogP) is 5.07. The molecule has 0 atom stereocenters. The quantitative estimate of drug-likeness (QED) is 0.706. The highest BCUT2D eigenvalue weighted by Crippen LogP contribution is 2.33. The SMILES string of the molecule is O=C(Nc1ccccc1Cl)c1cncc(N2CCCc3ccccc32)c1. The van der Waals surface area contributed by atoms with E-state index in [1.165, 1.54) is 11.3 Å². The van der Waals surface area contributed by atoms with Crippen molar-refractivity contribution in [2.75, 3.05) is 16.8 Å². The predicted molar refractivity (Wildman–Crippen MR) is 105 cm³/mol. The number of pyridine rings is 1. The topological polar surface area (TPSA) is 45.2 Å². The number of aromatic nitrogens is 1. The largest absolute Gasteiger partial charge is 0.340 e. The summed E-state index contributed by atoms with van der Waals surface area (Å²) in [6.45, 7) is 0.911. The molecule has 0 unspecified atom stereocenters. The molecule has 130 valence electrons. The summed E-state index contributed by atoms with van der Waals surface area (Å²) in [4.78, 5) is 19.1. The van der Waals surface area contributed by atoms with E-state index in [0.717, 1.165) is 25.1 Å². The van der Waals surface area contributed by atoms with Crippen LogP contribution in [-0.2, 0) is 6.42 Å². The maximum absolute atomic E-state index is 12.6. The third kappa shape index (κ3) is 3.28. The van der Waals surface area contributed by atoms with Crippen LogP contribution in [0.3, 0.4) is 0 Å². The number of halogens is 1. The van der Waals surface area contributed by atoms with Crippen LogP contribution in [0.2, 0.25) is 5.02 Å². The second kappa shape index (κ2) is 7.18. The molecule has 0 saturated carbocycles. The molecule has 0 aliphatic carbocycles. The summed E-state index contributed by atoms with van der Waals surface area (Å²) in [7, 11) is 0. The first-order chi connectivity index (χ1) is 12.7. The van der Waals surface area contributed by atoms with Gasteiger partial charge in [-0.25, -0.2) is 0 Å². The first-order valence-corrected chi connectivity index (χ1v) is 8.96. The number of hydrogen-bond donors (Lipinski definition) is 1. The van der Waals surface area contributed by atoms with Crippen LogP contribution in [0.25, 0.3) is 0 Å². The van der Waals surface area contributed by atoms with Gasteiger partial charge in [0.1, 0.15) is 0 Å². The van der Waals surface area contributed by atoms with Crippen LogP contribution < -0.4 is 10.2 Å². The molecule has 1 aliphatic rings. The molecule has 2 heterocycles. The van der Waals surface area contributed by atoms with E-state index in [1.54, 1.807) is 24.5 Å². The Hall–Kier alpha value is -2.85. The Morgan fingerprint density at radius 2 is 1.88 bits per heavy atom. The summed E-state index contributed by atoms with van der Waals surface area (Å²) < 4.78 is 0. The van der Waals surface area contributed by atoms with E-state index in [-0.39, 0.29) is 5.91 Å². The molecule has 1 aromatic heterocycles. The van der Waals surface area contributed by atoms with Gasteiger partial charge in [0.25, 0.3) is 5.91 Å². The molecule has 26 heavy (non-hydrogen) atoms. The van der Waals surface area contributed by atoms with E-state index in [0.29, 0.717) is 16.3 Å². The van der Waals surface area contributed by atoms with Gasteiger partial charge in [-0.05, 0) is 42.7 Å². The average molecular weight is 364 g/mol. The first-order valence-electron chi connectivity index (χ1n) is 8.59. The number of benzene rings is 2. The first kappa shape index (κ1) is 16.6. The number of carbonyl (C=O) groups is 1. The minimum Gasteiger partial charge on any atom is -0.340 e. The van der Waals surface area contributed by atoms with Gasteiger partial charge in [-0.2, -0.15) is 0 Å². The highest BCUT2D eigenvalue weighted by molar-refractivity contribution is 6.33. The van der Waals surface area contributed by atoms with Crippen molar-refractivity contribution < 1.29 is 4.79 Å². The molecule has 3 aromatic rings. The molecule has 4 rings (SSSR count). The molecule has 4 nitrogen and oxygen atoms in total. The summed E-state index contributed by atoms with van der Waals surface area (Å²) >= 11 is 6.13. The van der Waals surface area contributed by atoms with Gasteiger partial charge in [-0.15, -0.1) is 0 Å². The number of amides is 1. The fourth-order valence-electron chi connectivity index (χ4n) is 3.26. The Bertz CT molecular complexity index is 957. The number of anilines is 3. The third-order valence-electron chi connectivity index (χ3n) is 4.53. The van der Waals surface area contributed by atoms with Gasteiger partial charge >= 0.3 is 0 Å². The molecular weight excluding hydrogens is 346 g/mol. The lowest BCUT2D eigenvalue weighted by Crippen LogP contribution is -2.25. The normalized spacial score (nSPS) is 13.2. The fourth-order valence-corrected chi connectivity index (χ4v) is 3.44. The highest BCUT2D eigenvalue weighted by atomic mass is 35.5. The molecule has 0 fully saturated rings. The number of para-hydroxylation sites is 2. The van der Waals surface area contributed by atoms with E-state index in [2.05, 4.69) is 33.4 Å². The average Bonchev–Trinajstić information content (AvgIpc) is 2.69. The number of hydrogen-bond acceptors (Lipinski definition) is 3. The standard InChI is InChI=1S/C21H18ClN3O/c22-18-8-2-3-9-19(18)24-21(26)16-12-17(14-23-13-16)25-11-5-7-15-6-1-4-10-20(15)25/h1-4,6,8-10,12-14H,5,7,11H2,(H,24,26). The summed E-state index contributed by atoms with van der Waals surface area (Å²) in [6, 6.07) is 17.4. The second-order valence-electron chi connectivity index (χ2n) is 6.25. The van der Waals surface area contributed by atoms with Crippen LogP contribution in [0.4, 0.5) is 17.1 Å². The van der Waals surface area contributed by atoms with Crippen molar-refractivity contribution in [2.45, 2.75) is 12.8 Å². The van der Waals surface area contributed by atoms with Crippen molar-refractivity contribution in [2.24, 2.45) is 0 Å². The molecular formula is C21H18ClN3O. The van der Waals surface area contributed by atoms with Gasteiger partial charge in [-0.3, -0.25) is 9.78 Å². The van der Waals surface area contributed by atoms with Gasteiger partial charge in [0.05, 0.1) is 28.2 Å². The molecule has 2 aromatic carbocycles. The summed E-state index contributed by atoms with van der Waals surface area (Å²) in [5.41, 5.74) is 4.52. The number of nitrogens with one attached hydrogen (secondary N) is 1. The van der Waals surface area contributed by atoms with Crippen molar-refractivity contribution in [1.29, 1.82) is 0 Å². The fraction of sp³-hybridized carbons (Fsp3) is 0.143. The maximum Gasteiger partial charge on any atom is 0.257 e. The van der Waals surface area contributed by atoms with E-state index < -0.39 is 0 Å². The van der Waals surface area contributed by atoms with Crippen molar-refractivity contribution >= 4 is 34.6 Å². The molecule has 1 aliphatic heterocycles. The Morgan fingerprint density at radius 3 is 2.77 bits per heavy atom. The Labute approximate surface area is 157 Å². The highest BCUT2D eigenvalue weighted by Gasteiger charge is 2.19. The van der Waals surface area contributed by atoms with Crippen molar-refractivity contribution in [1.82, 2.24) is 4.98 Å². The van der Waals surface area contributed by atoms with Gasteiger partial charge in [0.15, 0.2) is 0 Å². The van der Waals surface area contributed by atoms with Gasteiger partial charge in [-0.1, -0.05) is 41.9 Å². The number of aryl methyl sites for hydroxylation is 1. The van der Waals surface area contributed by atoms with E-state index in [4.69, 9.17) is 11.6 Å². The van der Waals surface area contributed by atoms with Crippen LogP contribution in [0.15, 0.2) is 67.0 Å². The summed E-state index contributed by atoms with van der Waals surface area (Å²) in [6.07, 6.45) is 5.53. The number of rotatable bonds is 3. The molecule has 5 heteroatoms. The Balaban J connectivity index is 1.62. The molecule has 0 spiro atoms. The van der Waals surface area contributed by atoms with Crippen LogP contribution in [-0.4, -0.2) is 17.4 Å². The van der Waals surface area contributed by atoms with Crippen LogP contribution >= 0.6 is 11.6 Å². The van der Waals surface area contributed by atoms with Crippen LogP contribution in [0.1, 0.15) is 22.3 Å². The molecule has 0 bridgehead atoms. The molecule has 0 saturated heterocycles. The zero-order valence-corrected chi connectivity index (χ0v) is 14.9. The number of fused-ring (bicyclic) bond motifs is 1. The Morgan fingerprint density at radius 1 is 1.08 bits per heavy atom. The van der Waals surface area contributed by atoms with Gasteiger partial charge in [0.2, 0.25) is 0 Å². The zero-order chi connectivity index (χ0) is 17.9. The van der Waals surface area contributed by atoms with E-state index >= 15 is 0 Å². The molecule has 0 radical (unpaired) electrons. The van der Waals surface area contributed by atoms with Crippen LogP contribution in [0.5, 0.6) is 0 Å². The van der Waals surface area contributed by atoms with Crippen molar-refractivity contribution in [3.8, 4) is 0 Å². The summed E-state index contributed by atoms with van der Waals surface area (Å²) in [5, 5.41) is 3.36. The van der Waals surface area contributed by atoms with Crippen molar-refractivity contribution in [3.63, 3.8) is 0 Å². The number of carbonyl (C=O) groups excluding carboxylic acids is 1. The zero-order valence-electron chi connectivity index (χ0n) is 14.2. The lowest BCUT2D eigenvalue weighted by molar-refractivity contribution is 0.102. The summed E-state index contributed by atoms with van der Waals surface area (Å²) in [5.74, 6) is -0.224. The monoisotopic (exact) mass is 363 g/mol. The van der Waals surface area contributed by atoms with E-state index in [9.17, 15) is 4.79 Å². The lowest BCUT2D eigenvalue weighted by Gasteiger charge is -2.31. The minimum absolute atomic E-state index is 0.224.